The Hall–Kier alpha value is -1.88. The van der Waals surface area contributed by atoms with E-state index in [9.17, 15) is 0 Å². The van der Waals surface area contributed by atoms with Crippen molar-refractivity contribution in [2.75, 3.05) is 13.2 Å². The Balaban J connectivity index is 1.79. The summed E-state index contributed by atoms with van der Waals surface area (Å²) in [7, 11) is 0. The monoisotopic (exact) mass is 246 g/mol. The fraction of sp³-hybridized carbons (Fsp3) is 0.385. The van der Waals surface area contributed by atoms with Gasteiger partial charge in [-0.15, -0.1) is 0 Å². The van der Waals surface area contributed by atoms with E-state index >= 15 is 0 Å². The van der Waals surface area contributed by atoms with E-state index in [4.69, 9.17) is 10.5 Å². The average molecular weight is 246 g/mol. The summed E-state index contributed by atoms with van der Waals surface area (Å²) < 4.78 is 5.62. The molecule has 96 valence electrons. The number of aromatic nitrogens is 3. The number of aromatic amines is 1. The van der Waals surface area contributed by atoms with Gasteiger partial charge in [-0.3, -0.25) is 5.10 Å². The molecule has 0 bridgehead atoms. The lowest BCUT2D eigenvalue weighted by molar-refractivity contribution is 0.319. The van der Waals surface area contributed by atoms with Crippen LogP contribution in [0.5, 0.6) is 5.75 Å². The summed E-state index contributed by atoms with van der Waals surface area (Å²) in [5.74, 6) is 2.48. The smallest absolute Gasteiger partial charge is 0.154 e. The molecule has 0 fully saturated rings. The van der Waals surface area contributed by atoms with Crippen LogP contribution in [0.4, 0.5) is 0 Å². The van der Waals surface area contributed by atoms with E-state index in [1.165, 1.54) is 5.56 Å². The zero-order valence-electron chi connectivity index (χ0n) is 10.5. The minimum absolute atomic E-state index is 0.572. The lowest BCUT2D eigenvalue weighted by Gasteiger charge is -2.04. The largest absolute Gasteiger partial charge is 0.493 e. The first kappa shape index (κ1) is 12.6. The highest BCUT2D eigenvalue weighted by atomic mass is 16.5. The minimum atomic E-state index is 0.572. The lowest BCUT2D eigenvalue weighted by Crippen LogP contribution is -2.05. The van der Waals surface area contributed by atoms with E-state index in [0.29, 0.717) is 19.6 Å². The van der Waals surface area contributed by atoms with Crippen molar-refractivity contribution < 1.29 is 4.74 Å². The molecule has 1 heterocycles. The zero-order valence-corrected chi connectivity index (χ0v) is 10.5. The number of benzene rings is 1. The predicted octanol–water partition coefficient (Wildman–Crippen LogP) is 1.24. The van der Waals surface area contributed by atoms with E-state index in [1.807, 2.05) is 24.3 Å². The van der Waals surface area contributed by atoms with Crippen molar-refractivity contribution in [3.63, 3.8) is 0 Å². The predicted molar refractivity (Wildman–Crippen MR) is 69.5 cm³/mol. The van der Waals surface area contributed by atoms with Crippen LogP contribution < -0.4 is 10.5 Å². The Kier molecular flexibility index (Phi) is 4.30. The van der Waals surface area contributed by atoms with Gasteiger partial charge in [-0.2, -0.15) is 5.10 Å². The fourth-order valence-electron chi connectivity index (χ4n) is 1.59. The number of nitrogens with zero attached hydrogens (tertiary/aromatic N) is 2. The highest BCUT2D eigenvalue weighted by Crippen LogP contribution is 2.11. The molecule has 1 aromatic carbocycles. The number of rotatable bonds is 6. The summed E-state index contributed by atoms with van der Waals surface area (Å²) in [6.07, 6.45) is 1.42. The highest BCUT2D eigenvalue weighted by Gasteiger charge is 2.02. The average Bonchev–Trinajstić information content (AvgIpc) is 2.80. The van der Waals surface area contributed by atoms with Gasteiger partial charge in [0.05, 0.1) is 6.61 Å². The molecule has 0 amide bonds. The van der Waals surface area contributed by atoms with Gasteiger partial charge >= 0.3 is 0 Å². The molecule has 0 aliphatic heterocycles. The molecule has 18 heavy (non-hydrogen) atoms. The van der Waals surface area contributed by atoms with Gasteiger partial charge in [-0.25, -0.2) is 4.98 Å². The summed E-state index contributed by atoms with van der Waals surface area (Å²) in [5.41, 5.74) is 6.67. The quantitative estimate of drug-likeness (QED) is 0.804. The first-order chi connectivity index (χ1) is 8.78. The number of hydrogen-bond acceptors (Lipinski definition) is 4. The van der Waals surface area contributed by atoms with Crippen LogP contribution in [-0.2, 0) is 12.8 Å². The molecule has 5 nitrogen and oxygen atoms in total. The van der Waals surface area contributed by atoms with Gasteiger partial charge in [0.15, 0.2) is 5.82 Å². The second kappa shape index (κ2) is 6.16. The van der Waals surface area contributed by atoms with Crippen LogP contribution in [0.3, 0.4) is 0 Å². The molecular formula is C13H18N4O. The van der Waals surface area contributed by atoms with E-state index in [-0.39, 0.29) is 0 Å². The van der Waals surface area contributed by atoms with Crippen LogP contribution >= 0.6 is 0 Å². The van der Waals surface area contributed by atoms with Gasteiger partial charge in [-0.1, -0.05) is 17.7 Å². The van der Waals surface area contributed by atoms with E-state index in [1.54, 1.807) is 0 Å². The molecule has 1 aromatic heterocycles. The standard InChI is InChI=1S/C13H18N4O/c1-10-2-4-11(5-3-10)18-9-7-13-15-12(6-8-14)16-17-13/h2-5H,6-9,14H2,1H3,(H,15,16,17). The Morgan fingerprint density at radius 3 is 2.72 bits per heavy atom. The molecule has 2 rings (SSSR count). The molecule has 0 radical (unpaired) electrons. The van der Waals surface area contributed by atoms with Gasteiger partial charge in [0.25, 0.3) is 0 Å². The molecule has 0 atom stereocenters. The third-order valence-corrected chi connectivity index (χ3v) is 2.57. The normalized spacial score (nSPS) is 10.6. The first-order valence-corrected chi connectivity index (χ1v) is 6.07. The summed E-state index contributed by atoms with van der Waals surface area (Å²) in [6, 6.07) is 7.99. The third kappa shape index (κ3) is 3.56. The maximum absolute atomic E-state index is 5.62. The van der Waals surface area contributed by atoms with Crippen LogP contribution in [0.2, 0.25) is 0 Å². The minimum Gasteiger partial charge on any atom is -0.493 e. The topological polar surface area (TPSA) is 76.8 Å². The van der Waals surface area contributed by atoms with Crippen LogP contribution in [-0.4, -0.2) is 28.3 Å². The van der Waals surface area contributed by atoms with E-state index < -0.39 is 0 Å². The van der Waals surface area contributed by atoms with Crippen molar-refractivity contribution in [1.29, 1.82) is 0 Å². The SMILES string of the molecule is Cc1ccc(OCCc2n[nH]c(CCN)n2)cc1. The molecule has 0 saturated carbocycles. The maximum Gasteiger partial charge on any atom is 0.154 e. The molecule has 3 N–H and O–H groups in total. The van der Waals surface area contributed by atoms with Gasteiger partial charge in [0.2, 0.25) is 0 Å². The van der Waals surface area contributed by atoms with E-state index in [2.05, 4.69) is 22.1 Å². The zero-order chi connectivity index (χ0) is 12.8. The molecule has 2 aromatic rings. The molecule has 0 aliphatic rings. The van der Waals surface area contributed by atoms with Gasteiger partial charge in [0, 0.05) is 12.8 Å². The fourth-order valence-corrected chi connectivity index (χ4v) is 1.59. The van der Waals surface area contributed by atoms with E-state index in [0.717, 1.165) is 23.8 Å². The molecule has 0 unspecified atom stereocenters. The van der Waals surface area contributed by atoms with Gasteiger partial charge in [-0.05, 0) is 25.6 Å². The van der Waals surface area contributed by atoms with Crippen molar-refractivity contribution in [1.82, 2.24) is 15.2 Å². The molecule has 5 heteroatoms. The van der Waals surface area contributed by atoms with Gasteiger partial charge in [0.1, 0.15) is 11.6 Å². The van der Waals surface area contributed by atoms with Crippen molar-refractivity contribution >= 4 is 0 Å². The Bertz CT molecular complexity index is 478. The van der Waals surface area contributed by atoms with Crippen molar-refractivity contribution in [3.8, 4) is 5.75 Å². The van der Waals surface area contributed by atoms with Crippen LogP contribution in [0, 0.1) is 6.92 Å². The number of H-pyrrole nitrogens is 1. The Morgan fingerprint density at radius 1 is 1.22 bits per heavy atom. The maximum atomic E-state index is 5.62. The number of nitrogens with one attached hydrogen (secondary N) is 1. The molecule has 0 spiro atoms. The summed E-state index contributed by atoms with van der Waals surface area (Å²) >= 11 is 0. The van der Waals surface area contributed by atoms with Gasteiger partial charge < -0.3 is 10.5 Å². The van der Waals surface area contributed by atoms with Crippen molar-refractivity contribution in [2.45, 2.75) is 19.8 Å². The highest BCUT2D eigenvalue weighted by molar-refractivity contribution is 5.26. The van der Waals surface area contributed by atoms with Crippen LogP contribution in [0.25, 0.3) is 0 Å². The second-order valence-electron chi connectivity index (χ2n) is 4.15. The van der Waals surface area contributed by atoms with Crippen molar-refractivity contribution in [3.05, 3.63) is 41.5 Å². The molecule has 0 saturated heterocycles. The number of hydrogen-bond donors (Lipinski definition) is 2. The van der Waals surface area contributed by atoms with Crippen LogP contribution in [0.1, 0.15) is 17.2 Å². The third-order valence-electron chi connectivity index (χ3n) is 2.57. The summed E-state index contributed by atoms with van der Waals surface area (Å²) in [6.45, 7) is 3.20. The van der Waals surface area contributed by atoms with Crippen LogP contribution in [0.15, 0.2) is 24.3 Å². The lowest BCUT2D eigenvalue weighted by atomic mass is 10.2. The first-order valence-electron chi connectivity index (χ1n) is 6.07. The molecular weight excluding hydrogens is 228 g/mol. The number of aryl methyl sites for hydroxylation is 1. The number of ether oxygens (including phenoxy) is 1. The Labute approximate surface area is 106 Å². The second-order valence-corrected chi connectivity index (χ2v) is 4.15. The molecule has 0 aliphatic carbocycles. The summed E-state index contributed by atoms with van der Waals surface area (Å²) in [5, 5.41) is 6.97. The van der Waals surface area contributed by atoms with Crippen molar-refractivity contribution in [2.24, 2.45) is 5.73 Å². The summed E-state index contributed by atoms with van der Waals surface area (Å²) in [4.78, 5) is 4.32. The number of nitrogens with two attached hydrogens (primary N) is 1. The Morgan fingerprint density at radius 2 is 2.00 bits per heavy atom.